The lowest BCUT2D eigenvalue weighted by molar-refractivity contribution is 0.340. The van der Waals surface area contributed by atoms with Crippen molar-refractivity contribution in [1.82, 2.24) is 4.98 Å². The van der Waals surface area contributed by atoms with Crippen LogP contribution in [-0.4, -0.2) is 11.6 Å². The van der Waals surface area contributed by atoms with E-state index in [0.29, 0.717) is 17.4 Å². The lowest BCUT2D eigenvalue weighted by atomic mass is 10.1. The first-order chi connectivity index (χ1) is 11.2. The van der Waals surface area contributed by atoms with Gasteiger partial charge in [-0.3, -0.25) is 0 Å². The molecule has 3 rings (SSSR count). The van der Waals surface area contributed by atoms with E-state index >= 15 is 0 Å². The van der Waals surface area contributed by atoms with Gasteiger partial charge < -0.3 is 10.1 Å². The molecule has 2 aromatic carbocycles. The predicted molar refractivity (Wildman–Crippen MR) is 95.6 cm³/mol. The first-order valence-corrected chi connectivity index (χ1v) is 7.94. The summed E-state index contributed by atoms with van der Waals surface area (Å²) in [6, 6.07) is 10.9. The monoisotopic (exact) mass is 368 g/mol. The molecule has 0 saturated carbocycles. The largest absolute Gasteiger partial charge is 0.494 e. The predicted octanol–water partition coefficient (Wildman–Crippen LogP) is 5.65. The minimum absolute atomic E-state index is 0. The second-order valence-electron chi connectivity index (χ2n) is 4.74. The molecule has 0 radical (unpaired) electrons. The van der Waals surface area contributed by atoms with E-state index in [-0.39, 0.29) is 18.0 Å². The first-order valence-electron chi connectivity index (χ1n) is 7.06. The fourth-order valence-corrected chi connectivity index (χ4v) is 2.81. The Bertz CT molecular complexity index is 809. The number of aromatic nitrogens is 1. The Morgan fingerprint density at radius 3 is 2.54 bits per heavy atom. The fourth-order valence-electron chi connectivity index (χ4n) is 2.08. The third-order valence-corrected chi connectivity index (χ3v) is 3.89. The van der Waals surface area contributed by atoms with Crippen LogP contribution in [0.3, 0.4) is 0 Å². The van der Waals surface area contributed by atoms with Crippen molar-refractivity contribution in [3.05, 3.63) is 59.5 Å². The second kappa shape index (κ2) is 8.08. The molecule has 0 saturated heterocycles. The number of ether oxygens (including phenoxy) is 1. The molecule has 3 aromatic rings. The number of hydrogen-bond donors (Lipinski definition) is 1. The van der Waals surface area contributed by atoms with Gasteiger partial charge in [0.05, 0.1) is 12.3 Å². The highest BCUT2D eigenvalue weighted by molar-refractivity contribution is 7.14. The van der Waals surface area contributed by atoms with Crippen LogP contribution in [-0.2, 0) is 0 Å². The van der Waals surface area contributed by atoms with Gasteiger partial charge in [0.15, 0.2) is 5.13 Å². The van der Waals surface area contributed by atoms with E-state index in [2.05, 4.69) is 10.3 Å². The lowest BCUT2D eigenvalue weighted by Crippen LogP contribution is -1.93. The molecule has 0 aliphatic rings. The maximum atomic E-state index is 13.8. The van der Waals surface area contributed by atoms with E-state index in [1.807, 2.05) is 31.2 Å². The van der Waals surface area contributed by atoms with Crippen molar-refractivity contribution in [3.8, 4) is 17.0 Å². The molecule has 0 amide bonds. The van der Waals surface area contributed by atoms with Gasteiger partial charge in [-0.2, -0.15) is 0 Å². The molecule has 126 valence electrons. The third kappa shape index (κ3) is 4.21. The van der Waals surface area contributed by atoms with Crippen LogP contribution in [0, 0.1) is 11.6 Å². The SMILES string of the molecule is CCOc1ccc(Nc2nc(-c3ccc(F)cc3F)cs2)cc1.Cl. The second-order valence-corrected chi connectivity index (χ2v) is 5.60. The fraction of sp³-hybridized carbons (Fsp3) is 0.118. The highest BCUT2D eigenvalue weighted by Crippen LogP contribution is 2.29. The van der Waals surface area contributed by atoms with Gasteiger partial charge in [0.25, 0.3) is 0 Å². The molecule has 0 aliphatic heterocycles. The van der Waals surface area contributed by atoms with Gasteiger partial charge in [0, 0.05) is 22.7 Å². The first kappa shape index (κ1) is 18.2. The normalized spacial score (nSPS) is 10.1. The molecule has 1 heterocycles. The summed E-state index contributed by atoms with van der Waals surface area (Å²) in [5.74, 6) is -0.427. The van der Waals surface area contributed by atoms with Crippen molar-refractivity contribution in [3.63, 3.8) is 0 Å². The van der Waals surface area contributed by atoms with Crippen molar-refractivity contribution in [2.45, 2.75) is 6.92 Å². The van der Waals surface area contributed by atoms with E-state index < -0.39 is 11.6 Å². The zero-order valence-electron chi connectivity index (χ0n) is 12.8. The molecule has 3 nitrogen and oxygen atoms in total. The van der Waals surface area contributed by atoms with Crippen molar-refractivity contribution in [2.75, 3.05) is 11.9 Å². The van der Waals surface area contributed by atoms with Crippen LogP contribution >= 0.6 is 23.7 Å². The van der Waals surface area contributed by atoms with Crippen molar-refractivity contribution in [2.24, 2.45) is 0 Å². The van der Waals surface area contributed by atoms with Crippen LogP contribution in [0.4, 0.5) is 19.6 Å². The Morgan fingerprint density at radius 2 is 1.88 bits per heavy atom. The van der Waals surface area contributed by atoms with Crippen LogP contribution < -0.4 is 10.1 Å². The number of hydrogen-bond acceptors (Lipinski definition) is 4. The molecule has 0 atom stereocenters. The molecular formula is C17H15ClF2N2OS. The number of nitrogens with zero attached hydrogens (tertiary/aromatic N) is 1. The van der Waals surface area contributed by atoms with Gasteiger partial charge in [-0.25, -0.2) is 13.8 Å². The molecule has 0 aliphatic carbocycles. The maximum absolute atomic E-state index is 13.8. The van der Waals surface area contributed by atoms with E-state index in [1.165, 1.54) is 23.5 Å². The number of nitrogens with one attached hydrogen (secondary N) is 1. The quantitative estimate of drug-likeness (QED) is 0.631. The summed E-state index contributed by atoms with van der Waals surface area (Å²) in [6.07, 6.45) is 0. The van der Waals surface area contributed by atoms with Crippen molar-refractivity contribution < 1.29 is 13.5 Å². The van der Waals surface area contributed by atoms with Gasteiger partial charge in [0.2, 0.25) is 0 Å². The molecule has 7 heteroatoms. The Labute approximate surface area is 148 Å². The summed E-state index contributed by atoms with van der Waals surface area (Å²) in [6.45, 7) is 2.55. The summed E-state index contributed by atoms with van der Waals surface area (Å²) < 4.78 is 32.1. The van der Waals surface area contributed by atoms with E-state index in [0.717, 1.165) is 17.5 Å². The summed E-state index contributed by atoms with van der Waals surface area (Å²) in [5.41, 5.74) is 1.61. The average molecular weight is 369 g/mol. The van der Waals surface area contributed by atoms with Crippen LogP contribution in [0.5, 0.6) is 5.75 Å². The van der Waals surface area contributed by atoms with Gasteiger partial charge in [-0.15, -0.1) is 23.7 Å². The summed E-state index contributed by atoms with van der Waals surface area (Å²) >= 11 is 1.35. The molecule has 24 heavy (non-hydrogen) atoms. The Morgan fingerprint density at radius 1 is 1.12 bits per heavy atom. The summed E-state index contributed by atoms with van der Waals surface area (Å²) in [5, 5.41) is 5.51. The molecular weight excluding hydrogens is 354 g/mol. The highest BCUT2D eigenvalue weighted by atomic mass is 35.5. The summed E-state index contributed by atoms with van der Waals surface area (Å²) in [7, 11) is 0. The zero-order valence-corrected chi connectivity index (χ0v) is 14.4. The Kier molecular flexibility index (Phi) is 6.11. The standard InChI is InChI=1S/C17H14F2N2OS.ClH/c1-2-22-13-6-4-12(5-7-13)20-17-21-16(10-23-17)14-8-3-11(18)9-15(14)19;/h3-10H,2H2,1H3,(H,20,21);1H. The molecule has 1 aromatic heterocycles. The lowest BCUT2D eigenvalue weighted by Gasteiger charge is -2.05. The van der Waals surface area contributed by atoms with Crippen LogP contribution in [0.2, 0.25) is 0 Å². The van der Waals surface area contributed by atoms with Crippen LogP contribution in [0.15, 0.2) is 47.8 Å². The van der Waals surface area contributed by atoms with Crippen LogP contribution in [0.1, 0.15) is 6.92 Å². The Balaban J connectivity index is 0.00000208. The average Bonchev–Trinajstić information content (AvgIpc) is 2.98. The molecule has 0 spiro atoms. The van der Waals surface area contributed by atoms with Gasteiger partial charge in [0.1, 0.15) is 17.4 Å². The molecule has 0 fully saturated rings. The smallest absolute Gasteiger partial charge is 0.187 e. The van der Waals surface area contributed by atoms with E-state index in [4.69, 9.17) is 4.74 Å². The number of anilines is 2. The molecule has 1 N–H and O–H groups in total. The van der Waals surface area contributed by atoms with Gasteiger partial charge in [-0.05, 0) is 43.3 Å². The zero-order chi connectivity index (χ0) is 16.2. The Hall–Kier alpha value is -2.18. The highest BCUT2D eigenvalue weighted by Gasteiger charge is 2.10. The van der Waals surface area contributed by atoms with Crippen LogP contribution in [0.25, 0.3) is 11.3 Å². The third-order valence-electron chi connectivity index (χ3n) is 3.13. The maximum Gasteiger partial charge on any atom is 0.187 e. The molecule has 0 bridgehead atoms. The van der Waals surface area contributed by atoms with Crippen molar-refractivity contribution in [1.29, 1.82) is 0 Å². The van der Waals surface area contributed by atoms with Gasteiger partial charge in [-0.1, -0.05) is 0 Å². The van der Waals surface area contributed by atoms with Gasteiger partial charge >= 0.3 is 0 Å². The number of halogens is 3. The van der Waals surface area contributed by atoms with E-state index in [1.54, 1.807) is 5.38 Å². The number of thiazole rings is 1. The van der Waals surface area contributed by atoms with Crippen molar-refractivity contribution >= 4 is 34.6 Å². The minimum atomic E-state index is -0.622. The summed E-state index contributed by atoms with van der Waals surface area (Å²) in [4.78, 5) is 4.34. The number of benzene rings is 2. The van der Waals surface area contributed by atoms with E-state index in [9.17, 15) is 8.78 Å². The minimum Gasteiger partial charge on any atom is -0.494 e. The molecule has 0 unspecified atom stereocenters. The topological polar surface area (TPSA) is 34.1 Å². The number of rotatable bonds is 5.